The van der Waals surface area contributed by atoms with E-state index in [1.54, 1.807) is 21.0 Å². The maximum atomic E-state index is 9.04. The fraction of sp³-hybridized carbons (Fsp3) is 0.308. The van der Waals surface area contributed by atoms with Crippen LogP contribution >= 0.6 is 0 Å². The summed E-state index contributed by atoms with van der Waals surface area (Å²) in [6.07, 6.45) is 3.75. The van der Waals surface area contributed by atoms with Crippen molar-refractivity contribution in [2.24, 2.45) is 5.10 Å². The highest BCUT2D eigenvalue weighted by molar-refractivity contribution is 6.45. The lowest BCUT2D eigenvalue weighted by Crippen LogP contribution is -2.25. The molecular formula is C13H19BN2O3. The van der Waals surface area contributed by atoms with Gasteiger partial charge in [-0.05, 0) is 37.5 Å². The molecule has 0 saturated heterocycles. The number of nitrogens with zero attached hydrogens (tertiary/aromatic N) is 1. The Morgan fingerprint density at radius 3 is 2.58 bits per heavy atom. The lowest BCUT2D eigenvalue weighted by atomic mass is 9.91. The molecule has 1 aromatic rings. The van der Waals surface area contributed by atoms with E-state index < -0.39 is 7.05 Å². The number of hydrazone groups is 1. The van der Waals surface area contributed by atoms with Crippen molar-refractivity contribution >= 4 is 18.8 Å². The molecule has 0 aliphatic carbocycles. The fourth-order valence-corrected chi connectivity index (χ4v) is 1.41. The predicted octanol–water partition coefficient (Wildman–Crippen LogP) is 1.79. The van der Waals surface area contributed by atoms with Crippen molar-refractivity contribution in [1.82, 2.24) is 5.34 Å². The first-order chi connectivity index (χ1) is 9.06. The zero-order valence-corrected chi connectivity index (χ0v) is 11.7. The van der Waals surface area contributed by atoms with Gasteiger partial charge in [0.2, 0.25) is 0 Å². The van der Waals surface area contributed by atoms with Crippen molar-refractivity contribution in [2.45, 2.75) is 13.7 Å². The average Bonchev–Trinajstić information content (AvgIpc) is 2.42. The number of benzene rings is 1. The van der Waals surface area contributed by atoms with Gasteiger partial charge in [-0.3, -0.25) is 0 Å². The molecule has 0 saturated carbocycles. The van der Waals surface area contributed by atoms with Crippen molar-refractivity contribution in [1.29, 1.82) is 0 Å². The smallest absolute Gasteiger partial charge is 0.423 e. The summed E-state index contributed by atoms with van der Waals surface area (Å²) in [4.78, 5) is 0. The van der Waals surface area contributed by atoms with Gasteiger partial charge in [0.15, 0.2) is 11.5 Å². The minimum absolute atomic E-state index is 0.663. The van der Waals surface area contributed by atoms with Crippen LogP contribution in [-0.2, 0) is 0 Å². The van der Waals surface area contributed by atoms with Crippen molar-refractivity contribution in [3.8, 4) is 11.5 Å². The number of nitrogens with one attached hydrogen (secondary N) is 1. The highest BCUT2D eigenvalue weighted by Crippen LogP contribution is 2.27. The molecule has 2 N–H and O–H groups in total. The normalized spacial score (nSPS) is 11.5. The Kier molecular flexibility index (Phi) is 5.95. The van der Waals surface area contributed by atoms with Crippen LogP contribution in [0, 0.1) is 0 Å². The molecule has 0 unspecified atom stereocenters. The van der Waals surface area contributed by atoms with Crippen LogP contribution in [0.25, 0.3) is 6.08 Å². The van der Waals surface area contributed by atoms with Crippen molar-refractivity contribution in [3.05, 3.63) is 29.8 Å². The van der Waals surface area contributed by atoms with E-state index in [1.165, 1.54) is 0 Å². The lowest BCUT2D eigenvalue weighted by Gasteiger charge is -2.07. The molecule has 5 nitrogen and oxygen atoms in total. The first-order valence-corrected chi connectivity index (χ1v) is 5.94. The van der Waals surface area contributed by atoms with E-state index in [4.69, 9.17) is 14.5 Å². The van der Waals surface area contributed by atoms with Crippen LogP contribution < -0.4 is 14.8 Å². The van der Waals surface area contributed by atoms with E-state index in [0.29, 0.717) is 11.5 Å². The summed E-state index contributed by atoms with van der Waals surface area (Å²) in [5.74, 6) is 1.38. The van der Waals surface area contributed by atoms with E-state index >= 15 is 0 Å². The standard InChI is InChI=1S/C13H19BN2O3/c1-10(15-16-14(2)17)5-6-11-7-8-12(18-3)13(9-11)19-4/h5-9,16-17H,1-4H3/b6-5+,15-10-. The minimum atomic E-state index is -0.663. The van der Waals surface area contributed by atoms with Gasteiger partial charge in [0.05, 0.1) is 19.9 Å². The molecule has 0 fully saturated rings. The van der Waals surface area contributed by atoms with E-state index in [1.807, 2.05) is 37.3 Å². The van der Waals surface area contributed by atoms with Gasteiger partial charge in [-0.1, -0.05) is 12.1 Å². The third-order valence-electron chi connectivity index (χ3n) is 2.35. The lowest BCUT2D eigenvalue weighted by molar-refractivity contribution is 0.355. The van der Waals surface area contributed by atoms with E-state index in [9.17, 15) is 0 Å². The molecule has 0 heterocycles. The van der Waals surface area contributed by atoms with E-state index in [0.717, 1.165) is 11.3 Å². The number of hydrogen-bond acceptors (Lipinski definition) is 5. The molecule has 0 spiro atoms. The van der Waals surface area contributed by atoms with Gasteiger partial charge >= 0.3 is 7.05 Å². The summed E-state index contributed by atoms with van der Waals surface area (Å²) in [6, 6.07) is 5.65. The van der Waals surface area contributed by atoms with Crippen LogP contribution in [0.5, 0.6) is 11.5 Å². The molecule has 1 aromatic carbocycles. The van der Waals surface area contributed by atoms with Crippen LogP contribution in [0.4, 0.5) is 0 Å². The summed E-state index contributed by atoms with van der Waals surface area (Å²) in [6.45, 7) is 3.45. The molecule has 0 aliphatic heterocycles. The van der Waals surface area contributed by atoms with E-state index in [-0.39, 0.29) is 0 Å². The quantitative estimate of drug-likeness (QED) is 0.466. The van der Waals surface area contributed by atoms with E-state index in [2.05, 4.69) is 10.4 Å². The number of ether oxygens (including phenoxy) is 2. The summed E-state index contributed by atoms with van der Waals surface area (Å²) < 4.78 is 10.4. The molecule has 0 radical (unpaired) electrons. The Hall–Kier alpha value is -1.95. The SMILES string of the molecule is COc1ccc(/C=C/C(C)=N\NB(C)O)cc1OC. The molecule has 19 heavy (non-hydrogen) atoms. The van der Waals surface area contributed by atoms with Crippen LogP contribution in [0.3, 0.4) is 0 Å². The van der Waals surface area contributed by atoms with Gasteiger partial charge in [0.1, 0.15) is 0 Å². The van der Waals surface area contributed by atoms with Crippen LogP contribution in [0.1, 0.15) is 12.5 Å². The Balaban J connectivity index is 2.79. The highest BCUT2D eigenvalue weighted by Gasteiger charge is 2.02. The average molecular weight is 262 g/mol. The topological polar surface area (TPSA) is 63.1 Å². The maximum absolute atomic E-state index is 9.04. The number of allylic oxidation sites excluding steroid dienone is 1. The van der Waals surface area contributed by atoms with Crippen LogP contribution in [-0.4, -0.2) is 32.0 Å². The number of methoxy groups -OCH3 is 2. The summed E-state index contributed by atoms with van der Waals surface area (Å²) in [5.41, 5.74) is 1.74. The van der Waals surface area contributed by atoms with Gasteiger partial charge in [0, 0.05) is 0 Å². The highest BCUT2D eigenvalue weighted by atomic mass is 16.5. The monoisotopic (exact) mass is 262 g/mol. The van der Waals surface area contributed by atoms with Crippen molar-refractivity contribution in [2.75, 3.05) is 14.2 Å². The second-order valence-corrected chi connectivity index (χ2v) is 4.01. The molecule has 0 aliphatic rings. The zero-order chi connectivity index (χ0) is 14.3. The Labute approximate surface area is 114 Å². The molecule has 6 heteroatoms. The maximum Gasteiger partial charge on any atom is 0.423 e. The molecule has 0 bridgehead atoms. The molecule has 0 aromatic heterocycles. The molecule has 0 atom stereocenters. The first kappa shape index (κ1) is 15.1. The van der Waals surface area contributed by atoms with Gasteiger partial charge in [0.25, 0.3) is 0 Å². The molecular weight excluding hydrogens is 243 g/mol. The first-order valence-electron chi connectivity index (χ1n) is 5.94. The van der Waals surface area contributed by atoms with Crippen molar-refractivity contribution < 1.29 is 14.5 Å². The largest absolute Gasteiger partial charge is 0.493 e. The second-order valence-electron chi connectivity index (χ2n) is 4.01. The fourth-order valence-electron chi connectivity index (χ4n) is 1.41. The predicted molar refractivity (Wildman–Crippen MR) is 78.7 cm³/mol. The summed E-state index contributed by atoms with van der Waals surface area (Å²) in [5, 5.41) is 15.6. The van der Waals surface area contributed by atoms with Gasteiger partial charge in [-0.2, -0.15) is 5.10 Å². The number of hydrogen-bond donors (Lipinski definition) is 2. The van der Waals surface area contributed by atoms with Gasteiger partial charge < -0.3 is 19.8 Å². The summed E-state index contributed by atoms with van der Waals surface area (Å²) >= 11 is 0. The summed E-state index contributed by atoms with van der Waals surface area (Å²) in [7, 11) is 2.54. The van der Waals surface area contributed by atoms with Crippen LogP contribution in [0.15, 0.2) is 29.4 Å². The second kappa shape index (κ2) is 7.48. The Morgan fingerprint density at radius 1 is 1.32 bits per heavy atom. The third-order valence-corrected chi connectivity index (χ3v) is 2.35. The van der Waals surface area contributed by atoms with Gasteiger partial charge in [-0.25, -0.2) is 0 Å². The number of rotatable bonds is 6. The third kappa shape index (κ3) is 5.05. The molecule has 1 rings (SSSR count). The van der Waals surface area contributed by atoms with Crippen LogP contribution in [0.2, 0.25) is 6.82 Å². The van der Waals surface area contributed by atoms with Crippen molar-refractivity contribution in [3.63, 3.8) is 0 Å². The minimum Gasteiger partial charge on any atom is -0.493 e. The molecule has 0 amide bonds. The Morgan fingerprint density at radius 2 is 2.00 bits per heavy atom. The zero-order valence-electron chi connectivity index (χ0n) is 11.7. The molecule has 102 valence electrons. The Bertz CT molecular complexity index is 473. The van der Waals surface area contributed by atoms with Gasteiger partial charge in [-0.15, -0.1) is 0 Å².